The van der Waals surface area contributed by atoms with Gasteiger partial charge >= 0.3 is 0 Å². The van der Waals surface area contributed by atoms with Gasteiger partial charge in [0.15, 0.2) is 0 Å². The first kappa shape index (κ1) is 13.2. The molecule has 0 saturated heterocycles. The summed E-state index contributed by atoms with van der Waals surface area (Å²) in [5, 5.41) is 0.535. The molecule has 0 aromatic carbocycles. The van der Waals surface area contributed by atoms with E-state index in [0.717, 1.165) is 31.1 Å². The fourth-order valence-electron chi connectivity index (χ4n) is 2.83. The lowest BCUT2D eigenvalue weighted by atomic mass is 9.65. The van der Waals surface area contributed by atoms with Crippen molar-refractivity contribution in [3.05, 3.63) is 0 Å². The molecule has 2 heteroatoms. The molecule has 0 spiro atoms. The van der Waals surface area contributed by atoms with Gasteiger partial charge in [0, 0.05) is 5.41 Å². The maximum Gasteiger partial charge on any atom is 0.149 e. The predicted octanol–water partition coefficient (Wildman–Crippen LogP) is 4.19. The molecule has 0 amide bonds. The van der Waals surface area contributed by atoms with Gasteiger partial charge in [0.25, 0.3) is 0 Å². The Hall–Kier alpha value is 0.150. The molecule has 0 bridgehead atoms. The first-order valence-corrected chi connectivity index (χ1v) is 7.27. The van der Waals surface area contributed by atoms with Gasteiger partial charge in [-0.2, -0.15) is 0 Å². The highest BCUT2D eigenvalue weighted by Crippen LogP contribution is 2.44. The van der Waals surface area contributed by atoms with Gasteiger partial charge in [0.2, 0.25) is 0 Å². The van der Waals surface area contributed by atoms with Crippen LogP contribution in [-0.2, 0) is 4.79 Å². The van der Waals surface area contributed by atoms with Crippen molar-refractivity contribution >= 4 is 21.7 Å². The molecule has 0 atom stereocenters. The van der Waals surface area contributed by atoms with Crippen molar-refractivity contribution in [1.29, 1.82) is 0 Å². The van der Waals surface area contributed by atoms with Crippen LogP contribution in [0, 0.1) is 17.3 Å². The molecule has 0 aromatic heterocycles. The molecule has 88 valence electrons. The molecule has 1 aliphatic rings. The van der Waals surface area contributed by atoms with Crippen LogP contribution in [0.4, 0.5) is 0 Å². The maximum absolute atomic E-state index is 11.9. The highest BCUT2D eigenvalue weighted by Gasteiger charge is 2.39. The molecule has 1 fully saturated rings. The van der Waals surface area contributed by atoms with Crippen LogP contribution in [0.3, 0.4) is 0 Å². The van der Waals surface area contributed by atoms with Gasteiger partial charge in [0.05, 0.1) is 5.33 Å². The average molecular weight is 275 g/mol. The number of hydrogen-bond donors (Lipinski definition) is 0. The van der Waals surface area contributed by atoms with Crippen LogP contribution in [0.25, 0.3) is 0 Å². The largest absolute Gasteiger partial charge is 0.298 e. The van der Waals surface area contributed by atoms with E-state index < -0.39 is 0 Å². The summed E-state index contributed by atoms with van der Waals surface area (Å²) in [4.78, 5) is 11.9. The van der Waals surface area contributed by atoms with Gasteiger partial charge in [-0.25, -0.2) is 0 Å². The van der Waals surface area contributed by atoms with E-state index in [1.165, 1.54) is 12.8 Å². The normalized spacial score (nSPS) is 31.9. The minimum atomic E-state index is 0.00882. The van der Waals surface area contributed by atoms with E-state index in [4.69, 9.17) is 0 Å². The molecule has 1 aliphatic carbocycles. The molecule has 1 nitrogen and oxygen atoms in total. The van der Waals surface area contributed by atoms with Gasteiger partial charge in [-0.15, -0.1) is 0 Å². The summed E-state index contributed by atoms with van der Waals surface area (Å²) in [6.45, 7) is 6.77. The van der Waals surface area contributed by atoms with Gasteiger partial charge < -0.3 is 0 Å². The van der Waals surface area contributed by atoms with Gasteiger partial charge in [-0.05, 0) is 43.9 Å². The second-order valence-corrected chi connectivity index (χ2v) is 5.83. The zero-order valence-electron chi connectivity index (χ0n) is 10.2. The molecule has 0 unspecified atom stereocenters. The Morgan fingerprint density at radius 1 is 1.40 bits per heavy atom. The van der Waals surface area contributed by atoms with E-state index >= 15 is 0 Å². The van der Waals surface area contributed by atoms with Crippen molar-refractivity contribution in [1.82, 2.24) is 0 Å². The lowest BCUT2D eigenvalue weighted by Crippen LogP contribution is -2.36. The topological polar surface area (TPSA) is 17.1 Å². The van der Waals surface area contributed by atoms with Gasteiger partial charge in [-0.3, -0.25) is 4.79 Å². The minimum absolute atomic E-state index is 0.00882. The second kappa shape index (κ2) is 5.47. The summed E-state index contributed by atoms with van der Waals surface area (Å²) < 4.78 is 0. The lowest BCUT2D eigenvalue weighted by Gasteiger charge is -2.39. The first-order chi connectivity index (χ1) is 7.05. The zero-order chi connectivity index (χ0) is 11.5. The van der Waals surface area contributed by atoms with Crippen LogP contribution < -0.4 is 0 Å². The predicted molar refractivity (Wildman–Crippen MR) is 68.3 cm³/mol. The van der Waals surface area contributed by atoms with Crippen LogP contribution in [0.15, 0.2) is 0 Å². The number of carbonyl (C=O) groups excluding carboxylic acids is 1. The smallest absolute Gasteiger partial charge is 0.149 e. The van der Waals surface area contributed by atoms with Gasteiger partial charge in [0.1, 0.15) is 5.78 Å². The second-order valence-electron chi connectivity index (χ2n) is 5.27. The number of hydrogen-bond acceptors (Lipinski definition) is 1. The van der Waals surface area contributed by atoms with Crippen molar-refractivity contribution in [3.8, 4) is 0 Å². The molecule has 0 aromatic rings. The maximum atomic E-state index is 11.9. The highest BCUT2D eigenvalue weighted by molar-refractivity contribution is 9.09. The Labute approximate surface area is 102 Å². The number of halogens is 1. The van der Waals surface area contributed by atoms with Crippen LogP contribution in [0.1, 0.15) is 52.9 Å². The summed E-state index contributed by atoms with van der Waals surface area (Å²) >= 11 is 3.32. The third-order valence-electron chi connectivity index (χ3n) is 4.32. The Morgan fingerprint density at radius 3 is 2.27 bits per heavy atom. The third kappa shape index (κ3) is 2.83. The van der Waals surface area contributed by atoms with Crippen molar-refractivity contribution in [2.45, 2.75) is 52.9 Å². The number of ketones is 1. The minimum Gasteiger partial charge on any atom is -0.298 e. The van der Waals surface area contributed by atoms with E-state index in [1.807, 2.05) is 0 Å². The average Bonchev–Trinajstić information content (AvgIpc) is 2.27. The van der Waals surface area contributed by atoms with Crippen LogP contribution >= 0.6 is 15.9 Å². The van der Waals surface area contributed by atoms with Crippen molar-refractivity contribution in [3.63, 3.8) is 0 Å². The Morgan fingerprint density at radius 2 is 1.93 bits per heavy atom. The van der Waals surface area contributed by atoms with E-state index in [9.17, 15) is 4.79 Å². The number of rotatable bonds is 4. The molecule has 1 saturated carbocycles. The SMILES string of the molecule is CCC1(C(=O)CBr)CCC(C(C)C)CC1. The standard InChI is InChI=1S/C13H23BrO/c1-4-13(12(15)9-14)7-5-11(6-8-13)10(2)3/h10-11H,4-9H2,1-3H3. The van der Waals surface area contributed by atoms with E-state index in [1.54, 1.807) is 0 Å². The summed E-state index contributed by atoms with van der Waals surface area (Å²) in [5.41, 5.74) is 0.00882. The highest BCUT2D eigenvalue weighted by atomic mass is 79.9. The Balaban J connectivity index is 2.62. The molecule has 0 aliphatic heterocycles. The zero-order valence-corrected chi connectivity index (χ0v) is 11.8. The summed E-state index contributed by atoms with van der Waals surface area (Å²) in [5.74, 6) is 2.04. The van der Waals surface area contributed by atoms with Crippen molar-refractivity contribution in [2.75, 3.05) is 5.33 Å². The summed E-state index contributed by atoms with van der Waals surface area (Å²) in [6.07, 6.45) is 5.71. The van der Waals surface area contributed by atoms with E-state index in [0.29, 0.717) is 11.1 Å². The number of alkyl halides is 1. The van der Waals surface area contributed by atoms with Crippen molar-refractivity contribution < 1.29 is 4.79 Å². The van der Waals surface area contributed by atoms with Crippen LogP contribution in [-0.4, -0.2) is 11.1 Å². The molecule has 1 rings (SSSR count). The van der Waals surface area contributed by atoms with E-state index in [-0.39, 0.29) is 5.41 Å². The molecule has 0 N–H and O–H groups in total. The lowest BCUT2D eigenvalue weighted by molar-refractivity contribution is -0.128. The quantitative estimate of drug-likeness (QED) is 0.703. The molecule has 0 heterocycles. The summed E-state index contributed by atoms with van der Waals surface area (Å²) in [6, 6.07) is 0. The third-order valence-corrected chi connectivity index (χ3v) is 4.83. The van der Waals surface area contributed by atoms with Crippen LogP contribution in [0.2, 0.25) is 0 Å². The fourth-order valence-corrected chi connectivity index (χ4v) is 3.43. The molecule has 15 heavy (non-hydrogen) atoms. The molecular formula is C13H23BrO. The summed E-state index contributed by atoms with van der Waals surface area (Å²) in [7, 11) is 0. The molecular weight excluding hydrogens is 252 g/mol. The Kier molecular flexibility index (Phi) is 4.82. The van der Waals surface area contributed by atoms with Crippen LogP contribution in [0.5, 0.6) is 0 Å². The number of Topliss-reactive ketones (excluding diaryl/α,β-unsaturated/α-hetero) is 1. The Bertz CT molecular complexity index is 215. The molecule has 0 radical (unpaired) electrons. The van der Waals surface area contributed by atoms with Gasteiger partial charge in [-0.1, -0.05) is 36.7 Å². The monoisotopic (exact) mass is 274 g/mol. The van der Waals surface area contributed by atoms with Crippen molar-refractivity contribution in [2.24, 2.45) is 17.3 Å². The first-order valence-electron chi connectivity index (χ1n) is 6.15. The number of carbonyl (C=O) groups is 1. The fraction of sp³-hybridized carbons (Fsp3) is 0.923. The van der Waals surface area contributed by atoms with E-state index in [2.05, 4.69) is 36.7 Å².